The molecule has 1 heteroatoms. The van der Waals surface area contributed by atoms with Gasteiger partial charge in [-0.3, -0.25) is 0 Å². The normalized spacial score (nSPS) is 33.8. The van der Waals surface area contributed by atoms with Crippen LogP contribution in [0, 0.1) is 6.92 Å². The van der Waals surface area contributed by atoms with Crippen molar-refractivity contribution < 1.29 is 4.74 Å². The summed E-state index contributed by atoms with van der Waals surface area (Å²) in [7, 11) is 0. The Kier molecular flexibility index (Phi) is 1.15. The fourth-order valence-corrected chi connectivity index (χ4v) is 2.05. The maximum absolute atomic E-state index is 5.66. The SMILES string of the molecule is Cc1ccc2c(c1)C1OC1(C)C=C2. The summed E-state index contributed by atoms with van der Waals surface area (Å²) in [6, 6.07) is 6.55. The quantitative estimate of drug-likeness (QED) is 0.548. The van der Waals surface area contributed by atoms with Crippen molar-refractivity contribution >= 4 is 6.08 Å². The first-order valence-corrected chi connectivity index (χ1v) is 4.67. The Balaban J connectivity index is 2.19. The average molecular weight is 172 g/mol. The minimum Gasteiger partial charge on any atom is -0.357 e. The van der Waals surface area contributed by atoms with Gasteiger partial charge in [0.1, 0.15) is 11.7 Å². The van der Waals surface area contributed by atoms with Crippen LogP contribution in [-0.4, -0.2) is 5.60 Å². The highest BCUT2D eigenvalue weighted by molar-refractivity contribution is 5.62. The van der Waals surface area contributed by atoms with Crippen LogP contribution in [0.15, 0.2) is 24.3 Å². The Morgan fingerprint density at radius 3 is 3.08 bits per heavy atom. The summed E-state index contributed by atoms with van der Waals surface area (Å²) in [5.74, 6) is 0. The largest absolute Gasteiger partial charge is 0.357 e. The molecule has 1 saturated heterocycles. The standard InChI is InChI=1S/C12H12O/c1-8-3-4-9-5-6-12(2)11(13-12)10(9)7-8/h3-7,11H,1-2H3. The second-order valence-electron chi connectivity index (χ2n) is 4.15. The lowest BCUT2D eigenvalue weighted by atomic mass is 9.90. The minimum absolute atomic E-state index is 0.000787. The van der Waals surface area contributed by atoms with Gasteiger partial charge in [-0.15, -0.1) is 0 Å². The van der Waals surface area contributed by atoms with E-state index in [0.717, 1.165) is 0 Å². The highest BCUT2D eigenvalue weighted by Crippen LogP contribution is 2.54. The fraction of sp³-hybridized carbons (Fsp3) is 0.333. The van der Waals surface area contributed by atoms with Gasteiger partial charge in [-0.2, -0.15) is 0 Å². The molecule has 0 spiro atoms. The maximum atomic E-state index is 5.66. The summed E-state index contributed by atoms with van der Waals surface area (Å²) in [4.78, 5) is 0. The van der Waals surface area contributed by atoms with Crippen molar-refractivity contribution in [1.82, 2.24) is 0 Å². The lowest BCUT2D eigenvalue weighted by Gasteiger charge is -2.10. The minimum atomic E-state index is 0.000787. The lowest BCUT2D eigenvalue weighted by molar-refractivity contribution is 0.347. The van der Waals surface area contributed by atoms with Crippen molar-refractivity contribution in [3.63, 3.8) is 0 Å². The van der Waals surface area contributed by atoms with Crippen molar-refractivity contribution in [3.05, 3.63) is 41.0 Å². The van der Waals surface area contributed by atoms with Crippen molar-refractivity contribution in [2.45, 2.75) is 25.6 Å². The van der Waals surface area contributed by atoms with Crippen LogP contribution in [0.5, 0.6) is 0 Å². The summed E-state index contributed by atoms with van der Waals surface area (Å²) in [5, 5.41) is 0. The molecule has 1 aromatic rings. The van der Waals surface area contributed by atoms with Crippen LogP contribution in [0.4, 0.5) is 0 Å². The van der Waals surface area contributed by atoms with E-state index >= 15 is 0 Å². The van der Waals surface area contributed by atoms with E-state index in [9.17, 15) is 0 Å². The molecule has 66 valence electrons. The molecule has 0 bridgehead atoms. The van der Waals surface area contributed by atoms with E-state index in [1.165, 1.54) is 16.7 Å². The predicted molar refractivity (Wildman–Crippen MR) is 52.4 cm³/mol. The van der Waals surface area contributed by atoms with E-state index in [2.05, 4.69) is 44.2 Å². The third-order valence-electron chi connectivity index (χ3n) is 2.95. The second kappa shape index (κ2) is 2.05. The number of benzene rings is 1. The Bertz CT molecular complexity index is 406. The zero-order chi connectivity index (χ0) is 9.05. The zero-order valence-corrected chi connectivity index (χ0v) is 7.87. The molecule has 3 rings (SSSR count). The Hall–Kier alpha value is -1.08. The van der Waals surface area contributed by atoms with E-state index in [1.807, 2.05) is 0 Å². The number of epoxide rings is 1. The Morgan fingerprint density at radius 2 is 2.23 bits per heavy atom. The molecule has 0 radical (unpaired) electrons. The van der Waals surface area contributed by atoms with Gasteiger partial charge >= 0.3 is 0 Å². The summed E-state index contributed by atoms with van der Waals surface area (Å²) in [6.45, 7) is 4.26. The maximum Gasteiger partial charge on any atom is 0.117 e. The molecule has 0 N–H and O–H groups in total. The molecule has 0 aromatic heterocycles. The Labute approximate surface area is 78.0 Å². The van der Waals surface area contributed by atoms with Gasteiger partial charge in [0.25, 0.3) is 0 Å². The van der Waals surface area contributed by atoms with Crippen LogP contribution in [0.2, 0.25) is 0 Å². The highest BCUT2D eigenvalue weighted by atomic mass is 16.6. The van der Waals surface area contributed by atoms with Gasteiger partial charge in [0.05, 0.1) is 0 Å². The van der Waals surface area contributed by atoms with Gasteiger partial charge < -0.3 is 4.74 Å². The molecular formula is C12H12O. The van der Waals surface area contributed by atoms with Crippen LogP contribution < -0.4 is 0 Å². The Morgan fingerprint density at radius 1 is 1.38 bits per heavy atom. The van der Waals surface area contributed by atoms with Gasteiger partial charge in [0.15, 0.2) is 0 Å². The van der Waals surface area contributed by atoms with E-state index in [1.54, 1.807) is 0 Å². The van der Waals surface area contributed by atoms with Gasteiger partial charge in [-0.25, -0.2) is 0 Å². The molecule has 1 aliphatic carbocycles. The van der Waals surface area contributed by atoms with E-state index < -0.39 is 0 Å². The van der Waals surface area contributed by atoms with E-state index in [4.69, 9.17) is 4.74 Å². The van der Waals surface area contributed by atoms with Crippen LogP contribution in [-0.2, 0) is 4.74 Å². The number of hydrogen-bond donors (Lipinski definition) is 0. The molecular weight excluding hydrogens is 160 g/mol. The molecule has 1 fully saturated rings. The number of ether oxygens (including phenoxy) is 1. The summed E-state index contributed by atoms with van der Waals surface area (Å²) < 4.78 is 5.66. The predicted octanol–water partition coefficient (Wildman–Crippen LogP) is 2.85. The van der Waals surface area contributed by atoms with Crippen molar-refractivity contribution in [2.75, 3.05) is 0 Å². The van der Waals surface area contributed by atoms with Crippen LogP contribution in [0.1, 0.15) is 29.7 Å². The van der Waals surface area contributed by atoms with Gasteiger partial charge in [-0.1, -0.05) is 29.8 Å². The second-order valence-corrected chi connectivity index (χ2v) is 4.15. The molecule has 1 aliphatic heterocycles. The highest BCUT2D eigenvalue weighted by Gasteiger charge is 2.53. The van der Waals surface area contributed by atoms with Crippen LogP contribution in [0.25, 0.3) is 6.08 Å². The molecule has 2 aliphatic rings. The number of hydrogen-bond acceptors (Lipinski definition) is 1. The molecule has 1 heterocycles. The molecule has 1 nitrogen and oxygen atoms in total. The number of aryl methyl sites for hydroxylation is 1. The first-order valence-electron chi connectivity index (χ1n) is 4.67. The molecule has 0 amide bonds. The molecule has 2 atom stereocenters. The first kappa shape index (κ1) is 7.34. The lowest BCUT2D eigenvalue weighted by Crippen LogP contribution is -2.06. The van der Waals surface area contributed by atoms with Crippen molar-refractivity contribution in [1.29, 1.82) is 0 Å². The molecule has 13 heavy (non-hydrogen) atoms. The average Bonchev–Trinajstić information content (AvgIpc) is 2.78. The third-order valence-corrected chi connectivity index (χ3v) is 2.95. The number of rotatable bonds is 0. The van der Waals surface area contributed by atoms with Gasteiger partial charge in [-0.05, 0) is 31.1 Å². The van der Waals surface area contributed by atoms with Crippen LogP contribution >= 0.6 is 0 Å². The smallest absolute Gasteiger partial charge is 0.117 e. The summed E-state index contributed by atoms with van der Waals surface area (Å²) in [5.41, 5.74) is 3.98. The zero-order valence-electron chi connectivity index (χ0n) is 7.87. The van der Waals surface area contributed by atoms with Crippen LogP contribution in [0.3, 0.4) is 0 Å². The van der Waals surface area contributed by atoms with Gasteiger partial charge in [0, 0.05) is 0 Å². The van der Waals surface area contributed by atoms with Gasteiger partial charge in [0.2, 0.25) is 0 Å². The van der Waals surface area contributed by atoms with Crippen molar-refractivity contribution in [3.8, 4) is 0 Å². The summed E-state index contributed by atoms with van der Waals surface area (Å²) in [6.07, 6.45) is 4.64. The van der Waals surface area contributed by atoms with Crippen molar-refractivity contribution in [2.24, 2.45) is 0 Å². The number of fused-ring (bicyclic) bond motifs is 3. The summed E-state index contributed by atoms with van der Waals surface area (Å²) >= 11 is 0. The molecule has 0 saturated carbocycles. The third kappa shape index (κ3) is 0.909. The fourth-order valence-electron chi connectivity index (χ4n) is 2.05. The van der Waals surface area contributed by atoms with E-state index in [0.29, 0.717) is 6.10 Å². The topological polar surface area (TPSA) is 12.5 Å². The molecule has 1 aromatic carbocycles. The molecule has 2 unspecified atom stereocenters. The first-order chi connectivity index (χ1) is 6.19. The van der Waals surface area contributed by atoms with E-state index in [-0.39, 0.29) is 5.60 Å². The monoisotopic (exact) mass is 172 g/mol.